The van der Waals surface area contributed by atoms with Gasteiger partial charge in [0.15, 0.2) is 0 Å². The van der Waals surface area contributed by atoms with Crippen LogP contribution in [0.4, 0.5) is 5.82 Å². The summed E-state index contributed by atoms with van der Waals surface area (Å²) in [5.41, 5.74) is 0.985. The summed E-state index contributed by atoms with van der Waals surface area (Å²) >= 11 is 0. The fourth-order valence-electron chi connectivity index (χ4n) is 2.35. The lowest BCUT2D eigenvalue weighted by Gasteiger charge is -2.28. The second-order valence-corrected chi connectivity index (χ2v) is 4.70. The van der Waals surface area contributed by atoms with Gasteiger partial charge in [0.25, 0.3) is 0 Å². The first-order valence-electron chi connectivity index (χ1n) is 6.05. The second-order valence-electron chi connectivity index (χ2n) is 4.70. The Labute approximate surface area is 106 Å². The number of likely N-dealkylation sites (N-methyl/N-ethyl adjacent to an activating group) is 1. The number of pyridine rings is 1. The third-order valence-electron chi connectivity index (χ3n) is 3.38. The van der Waals surface area contributed by atoms with Crippen molar-refractivity contribution in [3.05, 3.63) is 23.4 Å². The molecule has 1 aliphatic heterocycles. The van der Waals surface area contributed by atoms with Crippen LogP contribution in [0, 0.1) is 6.92 Å². The van der Waals surface area contributed by atoms with Crippen LogP contribution in [0.2, 0.25) is 0 Å². The minimum absolute atomic E-state index is 0.144. The third kappa shape index (κ3) is 2.46. The second kappa shape index (κ2) is 4.94. The fourth-order valence-corrected chi connectivity index (χ4v) is 2.35. The van der Waals surface area contributed by atoms with E-state index in [9.17, 15) is 4.79 Å². The molecule has 0 saturated carbocycles. The predicted octanol–water partition coefficient (Wildman–Crippen LogP) is 1.70. The van der Waals surface area contributed by atoms with Gasteiger partial charge in [0.05, 0.1) is 17.7 Å². The first-order valence-corrected chi connectivity index (χ1v) is 6.05. The summed E-state index contributed by atoms with van der Waals surface area (Å²) in [4.78, 5) is 17.5. The van der Waals surface area contributed by atoms with Gasteiger partial charge in [0.1, 0.15) is 5.82 Å². The Balaban J connectivity index is 2.29. The van der Waals surface area contributed by atoms with E-state index in [1.54, 1.807) is 19.1 Å². The maximum Gasteiger partial charge on any atom is 0.335 e. The highest BCUT2D eigenvalue weighted by atomic mass is 16.5. The van der Waals surface area contributed by atoms with Crippen LogP contribution >= 0.6 is 0 Å². The Hall–Kier alpha value is -1.62. The molecule has 0 amide bonds. The molecule has 2 atom stereocenters. The molecular formula is C13H18N2O3. The van der Waals surface area contributed by atoms with Crippen molar-refractivity contribution in [2.45, 2.75) is 32.4 Å². The molecule has 5 heteroatoms. The van der Waals surface area contributed by atoms with Crippen LogP contribution in [-0.4, -0.2) is 41.9 Å². The zero-order chi connectivity index (χ0) is 13.3. The predicted molar refractivity (Wildman–Crippen MR) is 68.2 cm³/mol. The van der Waals surface area contributed by atoms with Crippen molar-refractivity contribution in [2.24, 2.45) is 0 Å². The number of carboxylic acid groups (broad SMARTS) is 1. The molecular weight excluding hydrogens is 232 g/mol. The van der Waals surface area contributed by atoms with Gasteiger partial charge in [-0.25, -0.2) is 9.78 Å². The first-order chi connectivity index (χ1) is 8.49. The van der Waals surface area contributed by atoms with Gasteiger partial charge in [-0.15, -0.1) is 0 Å². The lowest BCUT2D eigenvalue weighted by Crippen LogP contribution is -2.37. The molecule has 1 fully saturated rings. The van der Waals surface area contributed by atoms with Crippen molar-refractivity contribution in [1.82, 2.24) is 4.98 Å². The van der Waals surface area contributed by atoms with E-state index >= 15 is 0 Å². The standard InChI is InChI=1S/C13H18N2O3/c1-8-6-10(13(16)17)7-12(14-8)15(3)11-4-5-18-9(11)2/h6-7,9,11H,4-5H2,1-3H3,(H,16,17). The van der Waals surface area contributed by atoms with Crippen molar-refractivity contribution in [2.75, 3.05) is 18.6 Å². The molecule has 0 spiro atoms. The summed E-state index contributed by atoms with van der Waals surface area (Å²) in [7, 11) is 1.93. The number of rotatable bonds is 3. The highest BCUT2D eigenvalue weighted by Crippen LogP contribution is 2.24. The molecule has 1 aliphatic rings. The summed E-state index contributed by atoms with van der Waals surface area (Å²) in [5.74, 6) is -0.236. The highest BCUT2D eigenvalue weighted by molar-refractivity contribution is 5.88. The van der Waals surface area contributed by atoms with E-state index < -0.39 is 5.97 Å². The van der Waals surface area contributed by atoms with Gasteiger partial charge in [-0.3, -0.25) is 0 Å². The molecule has 98 valence electrons. The van der Waals surface area contributed by atoms with Crippen molar-refractivity contribution in [1.29, 1.82) is 0 Å². The summed E-state index contributed by atoms with van der Waals surface area (Å²) in [6, 6.07) is 3.44. The fraction of sp³-hybridized carbons (Fsp3) is 0.538. The molecule has 1 saturated heterocycles. The molecule has 0 aromatic carbocycles. The number of aromatic nitrogens is 1. The Morgan fingerprint density at radius 2 is 2.28 bits per heavy atom. The number of anilines is 1. The smallest absolute Gasteiger partial charge is 0.335 e. The van der Waals surface area contributed by atoms with Gasteiger partial charge in [0, 0.05) is 19.3 Å². The molecule has 1 aromatic heterocycles. The Morgan fingerprint density at radius 1 is 1.56 bits per heavy atom. The topological polar surface area (TPSA) is 62.7 Å². The Morgan fingerprint density at radius 3 is 2.83 bits per heavy atom. The molecule has 2 unspecified atom stereocenters. The van der Waals surface area contributed by atoms with E-state index in [-0.39, 0.29) is 17.7 Å². The molecule has 18 heavy (non-hydrogen) atoms. The zero-order valence-electron chi connectivity index (χ0n) is 10.9. The maximum atomic E-state index is 11.0. The van der Waals surface area contributed by atoms with Crippen LogP contribution in [-0.2, 0) is 4.74 Å². The summed E-state index contributed by atoms with van der Waals surface area (Å²) in [6.45, 7) is 4.58. The molecule has 1 aromatic rings. The summed E-state index contributed by atoms with van der Waals surface area (Å²) in [5, 5.41) is 9.06. The van der Waals surface area contributed by atoms with Crippen LogP contribution in [0.5, 0.6) is 0 Å². The number of ether oxygens (including phenoxy) is 1. The van der Waals surface area contributed by atoms with Crippen LogP contribution in [0.1, 0.15) is 29.4 Å². The lowest BCUT2D eigenvalue weighted by molar-refractivity contribution is 0.0696. The molecule has 5 nitrogen and oxygen atoms in total. The number of carboxylic acids is 1. The molecule has 2 heterocycles. The van der Waals surface area contributed by atoms with E-state index in [2.05, 4.69) is 4.98 Å². The van der Waals surface area contributed by atoms with Gasteiger partial charge < -0.3 is 14.7 Å². The molecule has 1 N–H and O–H groups in total. The third-order valence-corrected chi connectivity index (χ3v) is 3.38. The number of hydrogen-bond acceptors (Lipinski definition) is 4. The van der Waals surface area contributed by atoms with Crippen LogP contribution < -0.4 is 4.90 Å². The van der Waals surface area contributed by atoms with Gasteiger partial charge in [-0.05, 0) is 32.4 Å². The number of carbonyl (C=O) groups is 1. The van der Waals surface area contributed by atoms with Crippen LogP contribution in [0.15, 0.2) is 12.1 Å². The number of aryl methyl sites for hydroxylation is 1. The Kier molecular flexibility index (Phi) is 3.52. The van der Waals surface area contributed by atoms with Crippen molar-refractivity contribution in [3.8, 4) is 0 Å². The van der Waals surface area contributed by atoms with E-state index in [1.807, 2.05) is 18.9 Å². The minimum Gasteiger partial charge on any atom is -0.478 e. The van der Waals surface area contributed by atoms with Crippen molar-refractivity contribution >= 4 is 11.8 Å². The average molecular weight is 250 g/mol. The number of hydrogen-bond donors (Lipinski definition) is 1. The summed E-state index contributed by atoms with van der Waals surface area (Å²) < 4.78 is 5.53. The lowest BCUT2D eigenvalue weighted by atomic mass is 10.1. The quantitative estimate of drug-likeness (QED) is 0.884. The van der Waals surface area contributed by atoms with Crippen molar-refractivity contribution in [3.63, 3.8) is 0 Å². The summed E-state index contributed by atoms with van der Waals surface area (Å²) in [6.07, 6.45) is 1.08. The molecule has 0 aliphatic carbocycles. The largest absolute Gasteiger partial charge is 0.478 e. The minimum atomic E-state index is -0.925. The maximum absolute atomic E-state index is 11.0. The van der Waals surface area contributed by atoms with E-state index in [0.29, 0.717) is 11.5 Å². The van der Waals surface area contributed by atoms with E-state index in [0.717, 1.165) is 13.0 Å². The SMILES string of the molecule is Cc1cc(C(=O)O)cc(N(C)C2CCOC2C)n1. The van der Waals surface area contributed by atoms with Gasteiger partial charge in [-0.1, -0.05) is 0 Å². The number of nitrogens with zero attached hydrogens (tertiary/aromatic N) is 2. The number of aromatic carboxylic acids is 1. The van der Waals surface area contributed by atoms with Crippen LogP contribution in [0.3, 0.4) is 0 Å². The average Bonchev–Trinajstić information content (AvgIpc) is 2.73. The monoisotopic (exact) mass is 250 g/mol. The van der Waals surface area contributed by atoms with E-state index in [1.165, 1.54) is 0 Å². The Bertz CT molecular complexity index is 462. The van der Waals surface area contributed by atoms with Crippen molar-refractivity contribution < 1.29 is 14.6 Å². The van der Waals surface area contributed by atoms with Crippen LogP contribution in [0.25, 0.3) is 0 Å². The van der Waals surface area contributed by atoms with Gasteiger partial charge in [-0.2, -0.15) is 0 Å². The molecule has 0 radical (unpaired) electrons. The van der Waals surface area contributed by atoms with Gasteiger partial charge >= 0.3 is 5.97 Å². The van der Waals surface area contributed by atoms with Gasteiger partial charge in [0.2, 0.25) is 0 Å². The normalized spacial score (nSPS) is 23.1. The zero-order valence-corrected chi connectivity index (χ0v) is 10.9. The molecule has 2 rings (SSSR count). The first kappa shape index (κ1) is 12.8. The molecule has 0 bridgehead atoms. The van der Waals surface area contributed by atoms with E-state index in [4.69, 9.17) is 9.84 Å². The highest BCUT2D eigenvalue weighted by Gasteiger charge is 2.29.